The Balaban J connectivity index is 1.71. The van der Waals surface area contributed by atoms with E-state index in [2.05, 4.69) is 15.5 Å². The lowest BCUT2D eigenvalue weighted by Crippen LogP contribution is -2.25. The molecule has 2 heterocycles. The predicted molar refractivity (Wildman–Crippen MR) is 69.2 cm³/mol. The van der Waals surface area contributed by atoms with E-state index in [9.17, 15) is 4.79 Å². The summed E-state index contributed by atoms with van der Waals surface area (Å²) in [4.78, 5) is 16.4. The van der Waals surface area contributed by atoms with Crippen LogP contribution in [0.3, 0.4) is 0 Å². The van der Waals surface area contributed by atoms with E-state index < -0.39 is 0 Å². The number of hydrogen-bond donors (Lipinski definition) is 1. The molecule has 0 bridgehead atoms. The van der Waals surface area contributed by atoms with Crippen molar-refractivity contribution in [1.29, 1.82) is 0 Å². The van der Waals surface area contributed by atoms with Crippen LogP contribution in [0.25, 0.3) is 0 Å². The van der Waals surface area contributed by atoms with Gasteiger partial charge in [-0.3, -0.25) is 4.79 Å². The molecule has 1 aliphatic heterocycles. The number of anilines is 1. The first-order chi connectivity index (χ1) is 9.20. The number of aromatic nitrogens is 2. The molecular weight excluding hydrogens is 266 g/mol. The maximum Gasteiger partial charge on any atom is 0.262 e. The Bertz CT molecular complexity index is 626. The van der Waals surface area contributed by atoms with Crippen LogP contribution in [0, 0.1) is 6.92 Å². The van der Waals surface area contributed by atoms with Gasteiger partial charge < -0.3 is 14.6 Å². The van der Waals surface area contributed by atoms with Gasteiger partial charge in [-0.05, 0) is 25.1 Å². The summed E-state index contributed by atoms with van der Waals surface area (Å²) >= 11 is 1.56. The average molecular weight is 277 g/mol. The van der Waals surface area contributed by atoms with Crippen molar-refractivity contribution in [2.75, 3.05) is 11.9 Å². The van der Waals surface area contributed by atoms with Crippen LogP contribution in [0.2, 0.25) is 0 Å². The lowest BCUT2D eigenvalue weighted by molar-refractivity contribution is -0.118. The molecular formula is C12H11N3O3S. The van der Waals surface area contributed by atoms with E-state index in [1.54, 1.807) is 18.7 Å². The second-order valence-corrected chi connectivity index (χ2v) is 5.07. The van der Waals surface area contributed by atoms with Crippen molar-refractivity contribution in [2.45, 2.75) is 17.6 Å². The van der Waals surface area contributed by atoms with Gasteiger partial charge in [0.2, 0.25) is 5.89 Å². The van der Waals surface area contributed by atoms with Crippen molar-refractivity contribution in [3.63, 3.8) is 0 Å². The van der Waals surface area contributed by atoms with Gasteiger partial charge in [0.1, 0.15) is 5.75 Å². The van der Waals surface area contributed by atoms with Gasteiger partial charge in [0.25, 0.3) is 5.91 Å². The van der Waals surface area contributed by atoms with E-state index in [0.717, 1.165) is 4.90 Å². The number of hydrogen-bond acceptors (Lipinski definition) is 6. The molecule has 1 aliphatic rings. The molecule has 6 nitrogen and oxygen atoms in total. The molecule has 1 aromatic carbocycles. The summed E-state index contributed by atoms with van der Waals surface area (Å²) in [6.45, 7) is 1.85. The number of nitrogens with one attached hydrogen (secondary N) is 1. The summed E-state index contributed by atoms with van der Waals surface area (Å²) in [5.74, 6) is 2.36. The van der Waals surface area contributed by atoms with Crippen LogP contribution in [-0.2, 0) is 10.5 Å². The molecule has 1 aromatic heterocycles. The second-order valence-electron chi connectivity index (χ2n) is 4.02. The van der Waals surface area contributed by atoms with Crippen LogP contribution in [0.5, 0.6) is 5.75 Å². The number of thioether (sulfide) groups is 1. The van der Waals surface area contributed by atoms with Gasteiger partial charge in [-0.25, -0.2) is 0 Å². The Labute approximate surface area is 113 Å². The number of carbonyl (C=O) groups excluding carboxylic acids is 1. The fraction of sp³-hybridized carbons (Fsp3) is 0.250. The standard InChI is InChI=1S/C12H11N3O3S/c1-7-13-12(18-15-7)6-19-8-2-3-10-9(4-8)14-11(16)5-17-10/h2-4H,5-6H2,1H3,(H,14,16). The van der Waals surface area contributed by atoms with Crippen molar-refractivity contribution in [1.82, 2.24) is 10.1 Å². The summed E-state index contributed by atoms with van der Waals surface area (Å²) in [6.07, 6.45) is 0. The average Bonchev–Trinajstić information content (AvgIpc) is 2.81. The number of aryl methyl sites for hydroxylation is 1. The Hall–Kier alpha value is -2.02. The highest BCUT2D eigenvalue weighted by atomic mass is 32.2. The minimum atomic E-state index is -0.137. The fourth-order valence-electron chi connectivity index (χ4n) is 1.70. The lowest BCUT2D eigenvalue weighted by Gasteiger charge is -2.18. The topological polar surface area (TPSA) is 77.2 Å². The number of ether oxygens (including phenoxy) is 1. The van der Waals surface area contributed by atoms with Crippen molar-refractivity contribution < 1.29 is 14.1 Å². The first kappa shape index (κ1) is 12.0. The molecule has 7 heteroatoms. The molecule has 0 saturated carbocycles. The Kier molecular flexibility index (Phi) is 3.12. The highest BCUT2D eigenvalue weighted by molar-refractivity contribution is 7.98. The lowest BCUT2D eigenvalue weighted by atomic mass is 10.2. The van der Waals surface area contributed by atoms with E-state index in [0.29, 0.717) is 28.9 Å². The van der Waals surface area contributed by atoms with Gasteiger partial charge in [0, 0.05) is 4.90 Å². The monoisotopic (exact) mass is 277 g/mol. The SMILES string of the molecule is Cc1noc(CSc2ccc3c(c2)NC(=O)CO3)n1. The molecule has 0 radical (unpaired) electrons. The van der Waals surface area contributed by atoms with Gasteiger partial charge in [0.15, 0.2) is 12.4 Å². The molecule has 2 aromatic rings. The first-order valence-electron chi connectivity index (χ1n) is 5.69. The third kappa shape index (κ3) is 2.70. The third-order valence-corrected chi connectivity index (χ3v) is 3.49. The number of nitrogens with zero attached hydrogens (tertiary/aromatic N) is 2. The van der Waals surface area contributed by atoms with Crippen LogP contribution < -0.4 is 10.1 Å². The smallest absolute Gasteiger partial charge is 0.262 e. The van der Waals surface area contributed by atoms with Gasteiger partial charge in [0.05, 0.1) is 11.4 Å². The van der Waals surface area contributed by atoms with E-state index >= 15 is 0 Å². The minimum absolute atomic E-state index is 0.0702. The number of benzene rings is 1. The van der Waals surface area contributed by atoms with E-state index in [4.69, 9.17) is 9.26 Å². The van der Waals surface area contributed by atoms with Crippen molar-refractivity contribution in [2.24, 2.45) is 0 Å². The van der Waals surface area contributed by atoms with Crippen LogP contribution in [0.15, 0.2) is 27.6 Å². The molecule has 19 heavy (non-hydrogen) atoms. The zero-order valence-corrected chi connectivity index (χ0v) is 11.0. The van der Waals surface area contributed by atoms with Gasteiger partial charge >= 0.3 is 0 Å². The number of fused-ring (bicyclic) bond motifs is 1. The summed E-state index contributed by atoms with van der Waals surface area (Å²) in [6, 6.07) is 5.65. The van der Waals surface area contributed by atoms with Gasteiger partial charge in [-0.2, -0.15) is 4.98 Å². The van der Waals surface area contributed by atoms with Gasteiger partial charge in [-0.1, -0.05) is 5.16 Å². The number of amides is 1. The molecule has 98 valence electrons. The third-order valence-electron chi connectivity index (χ3n) is 2.52. The molecule has 0 fully saturated rings. The van der Waals surface area contributed by atoms with E-state index in [1.165, 1.54) is 0 Å². The molecule has 0 aliphatic carbocycles. The van der Waals surface area contributed by atoms with Crippen molar-refractivity contribution in [3.05, 3.63) is 29.9 Å². The molecule has 1 N–H and O–H groups in total. The van der Waals surface area contributed by atoms with Crippen LogP contribution in [0.4, 0.5) is 5.69 Å². The number of carbonyl (C=O) groups is 1. The summed E-state index contributed by atoms with van der Waals surface area (Å²) < 4.78 is 10.3. The van der Waals surface area contributed by atoms with E-state index in [1.807, 2.05) is 18.2 Å². The second kappa shape index (κ2) is 4.93. The summed E-state index contributed by atoms with van der Waals surface area (Å²) in [7, 11) is 0. The van der Waals surface area contributed by atoms with E-state index in [-0.39, 0.29) is 12.5 Å². The summed E-state index contributed by atoms with van der Waals surface area (Å²) in [5.41, 5.74) is 0.697. The first-order valence-corrected chi connectivity index (χ1v) is 6.68. The van der Waals surface area contributed by atoms with Crippen molar-refractivity contribution in [3.8, 4) is 5.75 Å². The van der Waals surface area contributed by atoms with Crippen LogP contribution in [-0.4, -0.2) is 22.7 Å². The zero-order chi connectivity index (χ0) is 13.2. The number of rotatable bonds is 3. The largest absolute Gasteiger partial charge is 0.482 e. The highest BCUT2D eigenvalue weighted by Gasteiger charge is 2.16. The maximum atomic E-state index is 11.2. The quantitative estimate of drug-likeness (QED) is 0.865. The minimum Gasteiger partial charge on any atom is -0.482 e. The Morgan fingerprint density at radius 3 is 3.16 bits per heavy atom. The summed E-state index contributed by atoms with van der Waals surface area (Å²) in [5, 5.41) is 6.51. The predicted octanol–water partition coefficient (Wildman–Crippen LogP) is 2.00. The van der Waals surface area contributed by atoms with Crippen LogP contribution >= 0.6 is 11.8 Å². The Morgan fingerprint density at radius 2 is 2.37 bits per heavy atom. The fourth-order valence-corrected chi connectivity index (χ4v) is 2.47. The molecule has 0 unspecified atom stereocenters. The molecule has 0 atom stereocenters. The molecule has 0 spiro atoms. The molecule has 3 rings (SSSR count). The normalized spacial score (nSPS) is 13.6. The highest BCUT2D eigenvalue weighted by Crippen LogP contribution is 2.33. The Morgan fingerprint density at radius 1 is 1.47 bits per heavy atom. The zero-order valence-electron chi connectivity index (χ0n) is 10.2. The maximum absolute atomic E-state index is 11.2. The van der Waals surface area contributed by atoms with Gasteiger partial charge in [-0.15, -0.1) is 11.8 Å². The molecule has 1 amide bonds. The van der Waals surface area contributed by atoms with Crippen molar-refractivity contribution >= 4 is 23.4 Å². The molecule has 0 saturated heterocycles. The van der Waals surface area contributed by atoms with Crippen LogP contribution in [0.1, 0.15) is 11.7 Å².